The first-order valence-corrected chi connectivity index (χ1v) is 5.70. The van der Waals surface area contributed by atoms with Crippen LogP contribution in [0.25, 0.3) is 0 Å². The highest BCUT2D eigenvalue weighted by atomic mass is 19.4. The third-order valence-electron chi connectivity index (χ3n) is 2.37. The molecule has 0 atom stereocenters. The van der Waals surface area contributed by atoms with Gasteiger partial charge in [-0.25, -0.2) is 0 Å². The Balaban J connectivity index is 2.76. The fourth-order valence-electron chi connectivity index (χ4n) is 1.38. The minimum Gasteiger partial charge on any atom is -0.384 e. The van der Waals surface area contributed by atoms with Crippen molar-refractivity contribution in [1.29, 1.82) is 0 Å². The van der Waals surface area contributed by atoms with E-state index >= 15 is 0 Å². The van der Waals surface area contributed by atoms with E-state index in [4.69, 9.17) is 5.11 Å². The average molecular weight is 286 g/mol. The van der Waals surface area contributed by atoms with E-state index in [1.807, 2.05) is 0 Å². The lowest BCUT2D eigenvalue weighted by Gasteiger charge is -2.18. The summed E-state index contributed by atoms with van der Waals surface area (Å²) in [6, 6.07) is 1.42. The predicted molar refractivity (Wildman–Crippen MR) is 65.8 cm³/mol. The Morgan fingerprint density at radius 3 is 2.75 bits per heavy atom. The van der Waals surface area contributed by atoms with Crippen LogP contribution < -0.4 is 0 Å². The van der Waals surface area contributed by atoms with Gasteiger partial charge in [0, 0.05) is 31.5 Å². The van der Waals surface area contributed by atoms with Crippen molar-refractivity contribution in [3.63, 3.8) is 0 Å². The van der Waals surface area contributed by atoms with Crippen LogP contribution in [0.4, 0.5) is 13.2 Å². The minimum atomic E-state index is -4.30. The molecule has 7 heteroatoms. The Hall–Kier alpha value is -2.07. The molecule has 0 aliphatic rings. The fraction of sp³-hybridized carbons (Fsp3) is 0.385. The molecule has 1 aromatic heterocycles. The lowest BCUT2D eigenvalue weighted by molar-refractivity contribution is -0.136. The zero-order chi connectivity index (χ0) is 15.2. The van der Waals surface area contributed by atoms with Crippen molar-refractivity contribution in [1.82, 2.24) is 9.88 Å². The van der Waals surface area contributed by atoms with Gasteiger partial charge in [-0.1, -0.05) is 11.8 Å². The average Bonchev–Trinajstić information content (AvgIpc) is 2.41. The number of hydrogen-bond acceptors (Lipinski definition) is 3. The van der Waals surface area contributed by atoms with Crippen LogP contribution in [0, 0.1) is 11.8 Å². The van der Waals surface area contributed by atoms with Crippen LogP contribution >= 0.6 is 0 Å². The number of aliphatic hydroxyl groups is 1. The first-order valence-electron chi connectivity index (χ1n) is 5.70. The fourth-order valence-corrected chi connectivity index (χ4v) is 1.38. The molecule has 1 amide bonds. The Morgan fingerprint density at radius 2 is 2.15 bits per heavy atom. The second-order valence-electron chi connectivity index (χ2n) is 4.01. The molecule has 20 heavy (non-hydrogen) atoms. The maximum Gasteiger partial charge on any atom is 0.390 e. The molecule has 0 fully saturated rings. The summed E-state index contributed by atoms with van der Waals surface area (Å²) in [5.41, 5.74) is 0.563. The van der Waals surface area contributed by atoms with E-state index in [1.165, 1.54) is 25.5 Å². The molecule has 0 unspecified atom stereocenters. The third kappa shape index (κ3) is 5.28. The first-order chi connectivity index (χ1) is 9.33. The molecule has 1 N–H and O–H groups in total. The van der Waals surface area contributed by atoms with Gasteiger partial charge in [0.25, 0.3) is 5.91 Å². The summed E-state index contributed by atoms with van der Waals surface area (Å²) < 4.78 is 36.3. The zero-order valence-corrected chi connectivity index (χ0v) is 10.7. The molecular weight excluding hydrogens is 273 g/mol. The van der Waals surface area contributed by atoms with Crippen molar-refractivity contribution in [3.05, 3.63) is 29.6 Å². The van der Waals surface area contributed by atoms with Crippen LogP contribution in [-0.4, -0.2) is 47.3 Å². The molecule has 0 aromatic carbocycles. The quantitative estimate of drug-likeness (QED) is 0.856. The van der Waals surface area contributed by atoms with Gasteiger partial charge < -0.3 is 10.0 Å². The number of carbonyl (C=O) groups excluding carboxylic acids is 1. The van der Waals surface area contributed by atoms with Crippen LogP contribution in [0.5, 0.6) is 0 Å². The molecule has 0 aliphatic heterocycles. The summed E-state index contributed by atoms with van der Waals surface area (Å²) >= 11 is 0. The lowest BCUT2D eigenvalue weighted by atomic mass is 10.2. The summed E-state index contributed by atoms with van der Waals surface area (Å²) in [7, 11) is 1.29. The van der Waals surface area contributed by atoms with E-state index in [0.717, 1.165) is 4.90 Å². The number of aliphatic hydroxyl groups excluding tert-OH is 1. The molecule has 0 saturated heterocycles. The molecule has 0 bridgehead atoms. The summed E-state index contributed by atoms with van der Waals surface area (Å²) in [5, 5.41) is 8.56. The number of amides is 1. The van der Waals surface area contributed by atoms with Crippen LogP contribution in [0.15, 0.2) is 18.5 Å². The summed E-state index contributed by atoms with van der Waals surface area (Å²) in [6.45, 7) is -0.751. The molecule has 0 saturated carbocycles. The molecule has 1 rings (SSSR count). The maximum atomic E-state index is 12.1. The number of nitrogens with zero attached hydrogens (tertiary/aromatic N) is 2. The smallest absolute Gasteiger partial charge is 0.384 e. The number of rotatable bonds is 3. The number of hydrogen-bond donors (Lipinski definition) is 1. The van der Waals surface area contributed by atoms with E-state index in [1.54, 1.807) is 0 Å². The van der Waals surface area contributed by atoms with Crippen LogP contribution in [0.1, 0.15) is 22.3 Å². The predicted octanol–water partition coefficient (Wildman–Crippen LogP) is 1.45. The molecule has 108 valence electrons. The van der Waals surface area contributed by atoms with Gasteiger partial charge in [0.1, 0.15) is 6.61 Å². The van der Waals surface area contributed by atoms with E-state index < -0.39 is 25.0 Å². The standard InChI is InChI=1S/C13H13F3N2O2/c1-18(5-4-13(14,15)16)12(20)11-7-10(3-2-6-19)8-17-9-11/h7-9,19H,4-6H2,1H3. The largest absolute Gasteiger partial charge is 0.390 e. The summed E-state index contributed by atoms with van der Waals surface area (Å²) in [6.07, 6.45) is -2.71. The van der Waals surface area contributed by atoms with Gasteiger partial charge in [0.15, 0.2) is 0 Å². The van der Waals surface area contributed by atoms with Gasteiger partial charge in [-0.05, 0) is 6.07 Å². The highest BCUT2D eigenvalue weighted by Crippen LogP contribution is 2.19. The van der Waals surface area contributed by atoms with Crippen LogP contribution in [-0.2, 0) is 0 Å². The van der Waals surface area contributed by atoms with E-state index in [-0.39, 0.29) is 12.2 Å². The second-order valence-corrected chi connectivity index (χ2v) is 4.01. The molecule has 4 nitrogen and oxygen atoms in total. The van der Waals surface area contributed by atoms with Crippen LogP contribution in [0.2, 0.25) is 0 Å². The van der Waals surface area contributed by atoms with E-state index in [0.29, 0.717) is 5.56 Å². The zero-order valence-electron chi connectivity index (χ0n) is 10.7. The number of halogens is 3. The van der Waals surface area contributed by atoms with Crippen molar-refractivity contribution in [2.45, 2.75) is 12.6 Å². The Kier molecular flexibility index (Phi) is 5.53. The third-order valence-corrected chi connectivity index (χ3v) is 2.37. The second kappa shape index (κ2) is 6.91. The Morgan fingerprint density at radius 1 is 1.45 bits per heavy atom. The first kappa shape index (κ1) is 16.0. The van der Waals surface area contributed by atoms with Crippen molar-refractivity contribution in [2.75, 3.05) is 20.2 Å². The molecule has 1 heterocycles. The minimum absolute atomic E-state index is 0.152. The van der Waals surface area contributed by atoms with Gasteiger partial charge in [0.2, 0.25) is 0 Å². The van der Waals surface area contributed by atoms with Gasteiger partial charge in [-0.15, -0.1) is 0 Å². The van der Waals surface area contributed by atoms with Crippen molar-refractivity contribution < 1.29 is 23.1 Å². The van der Waals surface area contributed by atoms with Crippen molar-refractivity contribution >= 4 is 5.91 Å². The molecule has 0 spiro atoms. The monoisotopic (exact) mass is 286 g/mol. The van der Waals surface area contributed by atoms with Gasteiger partial charge in [-0.3, -0.25) is 9.78 Å². The lowest BCUT2D eigenvalue weighted by Crippen LogP contribution is -2.30. The Labute approximate surface area is 114 Å². The van der Waals surface area contributed by atoms with Gasteiger partial charge in [0.05, 0.1) is 12.0 Å². The van der Waals surface area contributed by atoms with Gasteiger partial charge >= 0.3 is 6.18 Å². The van der Waals surface area contributed by atoms with E-state index in [2.05, 4.69) is 16.8 Å². The topological polar surface area (TPSA) is 53.4 Å². The maximum absolute atomic E-state index is 12.1. The van der Waals surface area contributed by atoms with Crippen molar-refractivity contribution in [2.24, 2.45) is 0 Å². The summed E-state index contributed by atoms with van der Waals surface area (Å²) in [4.78, 5) is 16.7. The number of aromatic nitrogens is 1. The summed E-state index contributed by atoms with van der Waals surface area (Å²) in [5.74, 6) is 4.41. The van der Waals surface area contributed by atoms with E-state index in [9.17, 15) is 18.0 Å². The van der Waals surface area contributed by atoms with Gasteiger partial charge in [-0.2, -0.15) is 13.2 Å². The van der Waals surface area contributed by atoms with Crippen molar-refractivity contribution in [3.8, 4) is 11.8 Å². The normalized spacial score (nSPS) is 10.7. The highest BCUT2D eigenvalue weighted by molar-refractivity contribution is 5.94. The highest BCUT2D eigenvalue weighted by Gasteiger charge is 2.28. The number of carbonyl (C=O) groups is 1. The SMILES string of the molecule is CN(CCC(F)(F)F)C(=O)c1cncc(C#CCO)c1. The molecule has 0 aliphatic carbocycles. The van der Waals surface area contributed by atoms with Crippen LogP contribution in [0.3, 0.4) is 0 Å². The Bertz CT molecular complexity index is 532. The molecule has 1 aromatic rings. The number of alkyl halides is 3. The molecular formula is C13H13F3N2O2. The molecule has 0 radical (unpaired) electrons. The number of pyridine rings is 1.